The molecule has 1 amide bonds. The summed E-state index contributed by atoms with van der Waals surface area (Å²) in [6.07, 6.45) is 0. The van der Waals surface area contributed by atoms with Crippen LogP contribution in [0, 0.1) is 6.92 Å². The zero-order chi connectivity index (χ0) is 24.2. The van der Waals surface area contributed by atoms with Crippen LogP contribution in [0.2, 0.25) is 5.02 Å². The van der Waals surface area contributed by atoms with E-state index in [9.17, 15) is 9.59 Å². The Balaban J connectivity index is 1.69. The van der Waals surface area contributed by atoms with Gasteiger partial charge in [-0.1, -0.05) is 53.7 Å². The molecule has 2 heterocycles. The summed E-state index contributed by atoms with van der Waals surface area (Å²) in [5.74, 6) is 0.382. The molecule has 0 aliphatic heterocycles. The highest BCUT2D eigenvalue weighted by molar-refractivity contribution is 7.99. The molecule has 2 aromatic heterocycles. The molecule has 2 aromatic carbocycles. The molecule has 0 unspecified atom stereocenters. The van der Waals surface area contributed by atoms with Crippen molar-refractivity contribution < 1.29 is 9.53 Å². The first-order valence-electron chi connectivity index (χ1n) is 10.7. The van der Waals surface area contributed by atoms with E-state index < -0.39 is 0 Å². The maximum absolute atomic E-state index is 13.6. The van der Waals surface area contributed by atoms with Gasteiger partial charge in [0, 0.05) is 11.6 Å². The number of nitrogens with one attached hydrogen (secondary N) is 1. The average Bonchev–Trinajstić information content (AvgIpc) is 3.16. The van der Waals surface area contributed by atoms with Gasteiger partial charge < -0.3 is 10.1 Å². The first-order chi connectivity index (χ1) is 16.4. The molecule has 176 valence electrons. The maximum atomic E-state index is 13.6. The van der Waals surface area contributed by atoms with E-state index in [1.807, 2.05) is 44.2 Å². The number of amides is 1. The molecule has 0 radical (unpaired) electrons. The molecule has 0 bridgehead atoms. The number of hydrogen-bond donors (Lipinski definition) is 1. The van der Waals surface area contributed by atoms with Crippen LogP contribution in [0.5, 0.6) is 5.75 Å². The number of nitrogens with zero attached hydrogens (tertiary/aromatic N) is 4. The Kier molecular flexibility index (Phi) is 7.23. The van der Waals surface area contributed by atoms with Gasteiger partial charge in [-0.2, -0.15) is 5.10 Å². The van der Waals surface area contributed by atoms with E-state index in [0.717, 1.165) is 5.56 Å². The van der Waals surface area contributed by atoms with E-state index in [4.69, 9.17) is 21.3 Å². The molecule has 34 heavy (non-hydrogen) atoms. The predicted molar refractivity (Wildman–Crippen MR) is 135 cm³/mol. The third-order valence-corrected chi connectivity index (χ3v) is 6.63. The maximum Gasteiger partial charge on any atom is 0.280 e. The molecule has 0 saturated heterocycles. The number of thioether (sulfide) groups is 1. The van der Waals surface area contributed by atoms with E-state index in [1.165, 1.54) is 11.8 Å². The molecule has 4 aromatic rings. The van der Waals surface area contributed by atoms with Crippen LogP contribution in [0.4, 0.5) is 5.69 Å². The number of aromatic nitrogens is 4. The number of fused-ring (bicyclic) bond motifs is 1. The lowest BCUT2D eigenvalue weighted by atomic mass is 10.2. The average molecular weight is 498 g/mol. The van der Waals surface area contributed by atoms with Crippen LogP contribution in [0.1, 0.15) is 18.2 Å². The summed E-state index contributed by atoms with van der Waals surface area (Å²) in [5, 5.41) is 8.28. The fraction of sp³-hybridized carbons (Fsp3) is 0.250. The number of benzene rings is 2. The zero-order valence-corrected chi connectivity index (χ0v) is 20.6. The first-order valence-corrected chi connectivity index (χ1v) is 12.1. The van der Waals surface area contributed by atoms with Crippen molar-refractivity contribution in [2.45, 2.75) is 32.1 Å². The van der Waals surface area contributed by atoms with Gasteiger partial charge in [-0.15, -0.1) is 0 Å². The summed E-state index contributed by atoms with van der Waals surface area (Å²) in [4.78, 5) is 31.0. The van der Waals surface area contributed by atoms with Crippen molar-refractivity contribution in [2.24, 2.45) is 0 Å². The molecular weight excluding hydrogens is 474 g/mol. The van der Waals surface area contributed by atoms with Gasteiger partial charge in [0.2, 0.25) is 5.91 Å². The smallest absolute Gasteiger partial charge is 0.280 e. The SMILES string of the molecule is CCn1nc(C)c2nc(SCC(=O)Nc3ccccc3OC)n(Cc3ccccc3Cl)c(=O)c21. The molecule has 0 aliphatic rings. The second-order valence-corrected chi connectivity index (χ2v) is 8.86. The van der Waals surface area contributed by atoms with E-state index in [2.05, 4.69) is 10.4 Å². The fourth-order valence-corrected chi connectivity index (χ4v) is 4.61. The van der Waals surface area contributed by atoms with Crippen LogP contribution >= 0.6 is 23.4 Å². The summed E-state index contributed by atoms with van der Waals surface area (Å²) >= 11 is 7.56. The molecule has 0 aliphatic carbocycles. The molecule has 10 heteroatoms. The minimum atomic E-state index is -0.242. The Morgan fingerprint density at radius 1 is 1.18 bits per heavy atom. The summed E-state index contributed by atoms with van der Waals surface area (Å²) < 4.78 is 8.51. The Morgan fingerprint density at radius 3 is 2.65 bits per heavy atom. The Labute approximate surface area is 205 Å². The van der Waals surface area contributed by atoms with Gasteiger partial charge in [0.05, 0.1) is 30.8 Å². The lowest BCUT2D eigenvalue weighted by Gasteiger charge is -2.14. The predicted octanol–water partition coefficient (Wildman–Crippen LogP) is 4.36. The van der Waals surface area contributed by atoms with E-state index in [0.29, 0.717) is 44.9 Å². The highest BCUT2D eigenvalue weighted by Gasteiger charge is 2.20. The van der Waals surface area contributed by atoms with Crippen LogP contribution in [-0.4, -0.2) is 38.1 Å². The lowest BCUT2D eigenvalue weighted by molar-refractivity contribution is -0.113. The van der Waals surface area contributed by atoms with Gasteiger partial charge in [-0.3, -0.25) is 18.8 Å². The van der Waals surface area contributed by atoms with E-state index >= 15 is 0 Å². The number of anilines is 1. The minimum Gasteiger partial charge on any atom is -0.495 e. The Bertz CT molecular complexity index is 1420. The van der Waals surface area contributed by atoms with Crippen LogP contribution in [-0.2, 0) is 17.9 Å². The molecule has 0 atom stereocenters. The Morgan fingerprint density at radius 2 is 1.91 bits per heavy atom. The van der Waals surface area contributed by atoms with Crippen LogP contribution in [0.25, 0.3) is 11.0 Å². The van der Waals surface area contributed by atoms with Crippen LogP contribution in [0.3, 0.4) is 0 Å². The molecule has 0 spiro atoms. The van der Waals surface area contributed by atoms with Crippen molar-refractivity contribution in [1.82, 2.24) is 19.3 Å². The highest BCUT2D eigenvalue weighted by Crippen LogP contribution is 2.25. The second kappa shape index (κ2) is 10.3. The first kappa shape index (κ1) is 23.8. The topological polar surface area (TPSA) is 91.0 Å². The van der Waals surface area contributed by atoms with Gasteiger partial charge in [-0.25, -0.2) is 4.98 Å². The number of aryl methyl sites for hydroxylation is 2. The van der Waals surface area contributed by atoms with Gasteiger partial charge in [-0.05, 0) is 37.6 Å². The van der Waals surface area contributed by atoms with Crippen molar-refractivity contribution in [3.05, 3.63) is 75.2 Å². The van der Waals surface area contributed by atoms with Gasteiger partial charge in [0.1, 0.15) is 11.3 Å². The summed E-state index contributed by atoms with van der Waals surface area (Å²) in [5.41, 5.74) is 2.78. The molecule has 0 fully saturated rings. The standard InChI is InChI=1S/C24H24ClN5O3S/c1-4-30-22-21(15(2)28-30)27-24(29(23(22)32)13-16-9-5-6-10-17(16)25)34-14-20(31)26-18-11-7-8-12-19(18)33-3/h5-12H,4,13-14H2,1-3H3,(H,26,31). The number of para-hydroxylation sites is 2. The Hall–Kier alpha value is -3.30. The fourth-order valence-electron chi connectivity index (χ4n) is 3.63. The minimum absolute atomic E-state index is 0.0550. The number of methoxy groups -OCH3 is 1. The van der Waals surface area contributed by atoms with E-state index in [-0.39, 0.29) is 23.8 Å². The molecule has 8 nitrogen and oxygen atoms in total. The van der Waals surface area contributed by atoms with Gasteiger partial charge in [0.25, 0.3) is 5.56 Å². The molecule has 1 N–H and O–H groups in total. The van der Waals surface area contributed by atoms with Crippen molar-refractivity contribution in [3.8, 4) is 5.75 Å². The van der Waals surface area contributed by atoms with Crippen LogP contribution in [0.15, 0.2) is 58.5 Å². The second-order valence-electron chi connectivity index (χ2n) is 7.51. The molecular formula is C24H24ClN5O3S. The third-order valence-electron chi connectivity index (χ3n) is 5.28. The monoisotopic (exact) mass is 497 g/mol. The number of hydrogen-bond acceptors (Lipinski definition) is 6. The lowest BCUT2D eigenvalue weighted by Crippen LogP contribution is -2.26. The van der Waals surface area contributed by atoms with Gasteiger partial charge >= 0.3 is 0 Å². The van der Waals surface area contributed by atoms with Crippen molar-refractivity contribution in [3.63, 3.8) is 0 Å². The largest absolute Gasteiger partial charge is 0.495 e. The quantitative estimate of drug-likeness (QED) is 0.287. The van der Waals surface area contributed by atoms with Crippen molar-refractivity contribution in [2.75, 3.05) is 18.2 Å². The summed E-state index contributed by atoms with van der Waals surface area (Å²) in [6.45, 7) is 4.52. The molecule has 4 rings (SSSR count). The number of ether oxygens (including phenoxy) is 1. The number of carbonyl (C=O) groups is 1. The molecule has 0 saturated carbocycles. The van der Waals surface area contributed by atoms with Crippen molar-refractivity contribution >= 4 is 46.0 Å². The summed E-state index contributed by atoms with van der Waals surface area (Å²) in [7, 11) is 1.55. The van der Waals surface area contributed by atoms with Crippen LogP contribution < -0.4 is 15.6 Å². The number of carbonyl (C=O) groups excluding carboxylic acids is 1. The number of rotatable bonds is 8. The highest BCUT2D eigenvalue weighted by atomic mass is 35.5. The normalized spacial score (nSPS) is 11.1. The van der Waals surface area contributed by atoms with E-state index in [1.54, 1.807) is 34.6 Å². The van der Waals surface area contributed by atoms with Crippen molar-refractivity contribution in [1.29, 1.82) is 0 Å². The summed E-state index contributed by atoms with van der Waals surface area (Å²) in [6, 6.07) is 14.5. The number of halogens is 1. The third kappa shape index (κ3) is 4.80. The van der Waals surface area contributed by atoms with Gasteiger partial charge in [0.15, 0.2) is 10.7 Å². The zero-order valence-electron chi connectivity index (χ0n) is 19.0.